The molecule has 1 atom stereocenters. The molecule has 1 fully saturated rings. The maximum Gasteiger partial charge on any atom is 0.244 e. The second-order valence-corrected chi connectivity index (χ2v) is 4.85. The highest BCUT2D eigenvalue weighted by Crippen LogP contribution is 2.20. The van der Waals surface area contributed by atoms with Crippen molar-refractivity contribution in [3.63, 3.8) is 0 Å². The highest BCUT2D eigenvalue weighted by molar-refractivity contribution is 6.32. The number of halogens is 1. The smallest absolute Gasteiger partial charge is 0.244 e. The van der Waals surface area contributed by atoms with Gasteiger partial charge in [0, 0.05) is 20.1 Å². The van der Waals surface area contributed by atoms with Gasteiger partial charge < -0.3 is 20.3 Å². The van der Waals surface area contributed by atoms with Crippen LogP contribution in [0.5, 0.6) is 0 Å². The zero-order valence-corrected chi connectivity index (χ0v) is 12.3. The lowest BCUT2D eigenvalue weighted by molar-refractivity contribution is -0.135. The predicted octanol–water partition coefficient (Wildman–Crippen LogP) is 0.831. The molecular formula is C12H18ClN5O2. The normalized spacial score (nSPS) is 16.6. The van der Waals surface area contributed by atoms with Gasteiger partial charge in [-0.1, -0.05) is 11.6 Å². The summed E-state index contributed by atoms with van der Waals surface area (Å²) in [4.78, 5) is 22.2. The van der Waals surface area contributed by atoms with Gasteiger partial charge in [-0.15, -0.1) is 0 Å². The van der Waals surface area contributed by atoms with Gasteiger partial charge in [0.05, 0.1) is 19.4 Å². The minimum atomic E-state index is -0.412. The monoisotopic (exact) mass is 299 g/mol. The highest BCUT2D eigenvalue weighted by atomic mass is 35.5. The molecule has 1 aromatic rings. The van der Waals surface area contributed by atoms with Crippen molar-refractivity contribution >= 4 is 29.3 Å². The molecule has 20 heavy (non-hydrogen) atoms. The summed E-state index contributed by atoms with van der Waals surface area (Å²) < 4.78 is 5.23. The molecule has 0 saturated carbocycles. The molecule has 2 N–H and O–H groups in total. The third kappa shape index (κ3) is 3.49. The van der Waals surface area contributed by atoms with Crippen LogP contribution in [0.25, 0.3) is 0 Å². The van der Waals surface area contributed by atoms with E-state index >= 15 is 0 Å². The molecule has 1 aliphatic heterocycles. The van der Waals surface area contributed by atoms with Crippen LogP contribution in [0.2, 0.25) is 5.02 Å². The average molecular weight is 300 g/mol. The summed E-state index contributed by atoms with van der Waals surface area (Å²) >= 11 is 6.03. The number of ether oxygens (including phenoxy) is 1. The van der Waals surface area contributed by atoms with Crippen LogP contribution in [0.15, 0.2) is 6.20 Å². The van der Waals surface area contributed by atoms with Crippen LogP contribution >= 0.6 is 11.6 Å². The Morgan fingerprint density at radius 3 is 2.85 bits per heavy atom. The molecule has 1 amide bonds. The Balaban J connectivity index is 2.03. The minimum absolute atomic E-state index is 0.00832. The molecule has 0 spiro atoms. The fourth-order valence-electron chi connectivity index (χ4n) is 1.91. The molecule has 2 heterocycles. The van der Waals surface area contributed by atoms with Gasteiger partial charge in [0.25, 0.3) is 0 Å². The largest absolute Gasteiger partial charge is 0.378 e. The molecular weight excluding hydrogens is 282 g/mol. The number of nitrogens with zero attached hydrogens (tertiary/aromatic N) is 3. The Kier molecular flexibility index (Phi) is 4.97. The SMILES string of the molecule is CNc1ncc(Cl)c(NC(C)C(=O)N2CCOCC2)n1. The topological polar surface area (TPSA) is 79.4 Å². The van der Waals surface area contributed by atoms with Crippen LogP contribution in [0.1, 0.15) is 6.92 Å². The molecule has 0 aliphatic carbocycles. The Hall–Kier alpha value is -1.60. The maximum absolute atomic E-state index is 12.3. The van der Waals surface area contributed by atoms with Gasteiger partial charge in [0.15, 0.2) is 5.82 Å². The quantitative estimate of drug-likeness (QED) is 0.857. The first-order valence-corrected chi connectivity index (χ1v) is 6.83. The van der Waals surface area contributed by atoms with Gasteiger partial charge >= 0.3 is 0 Å². The Bertz CT molecular complexity index is 479. The van der Waals surface area contributed by atoms with E-state index < -0.39 is 6.04 Å². The van der Waals surface area contributed by atoms with Gasteiger partial charge in [-0.2, -0.15) is 4.98 Å². The van der Waals surface area contributed by atoms with Crippen molar-refractivity contribution < 1.29 is 9.53 Å². The van der Waals surface area contributed by atoms with Gasteiger partial charge in [-0.25, -0.2) is 4.98 Å². The molecule has 0 bridgehead atoms. The molecule has 0 aromatic carbocycles. The lowest BCUT2D eigenvalue weighted by Gasteiger charge is -2.29. The van der Waals surface area contributed by atoms with Gasteiger partial charge in [-0.05, 0) is 6.92 Å². The van der Waals surface area contributed by atoms with E-state index in [9.17, 15) is 4.79 Å². The number of amides is 1. The van der Waals surface area contributed by atoms with E-state index in [0.29, 0.717) is 43.1 Å². The van der Waals surface area contributed by atoms with E-state index in [4.69, 9.17) is 16.3 Å². The summed E-state index contributed by atoms with van der Waals surface area (Å²) in [5.41, 5.74) is 0. The van der Waals surface area contributed by atoms with Gasteiger partial charge in [0.1, 0.15) is 11.1 Å². The van der Waals surface area contributed by atoms with Crippen molar-refractivity contribution in [3.8, 4) is 0 Å². The first kappa shape index (κ1) is 14.8. The number of anilines is 2. The number of morpholine rings is 1. The summed E-state index contributed by atoms with van der Waals surface area (Å²) in [7, 11) is 1.72. The van der Waals surface area contributed by atoms with Crippen molar-refractivity contribution in [1.29, 1.82) is 0 Å². The third-order valence-electron chi connectivity index (χ3n) is 3.01. The van der Waals surface area contributed by atoms with E-state index in [-0.39, 0.29) is 5.91 Å². The van der Waals surface area contributed by atoms with Crippen LogP contribution in [-0.4, -0.2) is 60.2 Å². The molecule has 110 valence electrons. The molecule has 8 heteroatoms. The summed E-state index contributed by atoms with van der Waals surface area (Å²) in [6, 6.07) is -0.412. The molecule has 1 aromatic heterocycles. The summed E-state index contributed by atoms with van der Waals surface area (Å²) in [6.07, 6.45) is 1.49. The molecule has 1 unspecified atom stereocenters. The summed E-state index contributed by atoms with van der Waals surface area (Å²) in [6.45, 7) is 4.18. The standard InChI is InChI=1S/C12H18ClN5O2/c1-8(11(19)18-3-5-20-6-4-18)16-10-9(13)7-15-12(14-2)17-10/h7-8H,3-6H2,1-2H3,(H2,14,15,16,17). The number of nitrogens with one attached hydrogen (secondary N) is 2. The first-order chi connectivity index (χ1) is 9.61. The zero-order chi connectivity index (χ0) is 14.5. The lowest BCUT2D eigenvalue weighted by Crippen LogP contribution is -2.47. The summed E-state index contributed by atoms with van der Waals surface area (Å²) in [5, 5.41) is 6.23. The van der Waals surface area contributed by atoms with Crippen LogP contribution in [-0.2, 0) is 9.53 Å². The van der Waals surface area contributed by atoms with Crippen LogP contribution in [0.3, 0.4) is 0 Å². The van der Waals surface area contributed by atoms with E-state index in [2.05, 4.69) is 20.6 Å². The van der Waals surface area contributed by atoms with Crippen LogP contribution in [0.4, 0.5) is 11.8 Å². The van der Waals surface area contributed by atoms with Crippen molar-refractivity contribution in [3.05, 3.63) is 11.2 Å². The number of hydrogen-bond acceptors (Lipinski definition) is 6. The van der Waals surface area contributed by atoms with Crippen LogP contribution < -0.4 is 10.6 Å². The fourth-order valence-corrected chi connectivity index (χ4v) is 2.06. The Morgan fingerprint density at radius 2 is 2.20 bits per heavy atom. The van der Waals surface area contributed by atoms with E-state index in [1.165, 1.54) is 6.20 Å². The summed E-state index contributed by atoms with van der Waals surface area (Å²) in [5.74, 6) is 0.900. The van der Waals surface area contributed by atoms with E-state index in [0.717, 1.165) is 0 Å². The second kappa shape index (κ2) is 6.71. The van der Waals surface area contributed by atoms with Crippen molar-refractivity contribution in [2.45, 2.75) is 13.0 Å². The number of carbonyl (C=O) groups is 1. The third-order valence-corrected chi connectivity index (χ3v) is 3.29. The second-order valence-electron chi connectivity index (χ2n) is 4.44. The average Bonchev–Trinajstić information content (AvgIpc) is 2.49. The molecule has 0 radical (unpaired) electrons. The number of aromatic nitrogens is 2. The van der Waals surface area contributed by atoms with Gasteiger partial charge in [-0.3, -0.25) is 4.79 Å². The van der Waals surface area contributed by atoms with E-state index in [1.54, 1.807) is 18.9 Å². The van der Waals surface area contributed by atoms with Crippen LogP contribution in [0, 0.1) is 0 Å². The molecule has 1 saturated heterocycles. The van der Waals surface area contributed by atoms with Crippen molar-refractivity contribution in [1.82, 2.24) is 14.9 Å². The lowest BCUT2D eigenvalue weighted by atomic mass is 10.2. The Morgan fingerprint density at radius 1 is 1.50 bits per heavy atom. The van der Waals surface area contributed by atoms with Gasteiger partial charge in [0.2, 0.25) is 11.9 Å². The minimum Gasteiger partial charge on any atom is -0.378 e. The van der Waals surface area contributed by atoms with E-state index in [1.807, 2.05) is 0 Å². The highest BCUT2D eigenvalue weighted by Gasteiger charge is 2.23. The maximum atomic E-state index is 12.3. The zero-order valence-electron chi connectivity index (χ0n) is 11.5. The predicted molar refractivity (Wildman–Crippen MR) is 77.1 cm³/mol. The fraction of sp³-hybridized carbons (Fsp3) is 0.583. The van der Waals surface area contributed by atoms with Crippen molar-refractivity contribution in [2.24, 2.45) is 0 Å². The number of carbonyl (C=O) groups excluding carboxylic acids is 1. The van der Waals surface area contributed by atoms with Crippen molar-refractivity contribution in [2.75, 3.05) is 44.0 Å². The molecule has 2 rings (SSSR count). The molecule has 7 nitrogen and oxygen atoms in total. The first-order valence-electron chi connectivity index (χ1n) is 6.45. The number of rotatable bonds is 4. The Labute approximate surface area is 122 Å². The molecule has 1 aliphatic rings. The number of hydrogen-bond donors (Lipinski definition) is 2.